The summed E-state index contributed by atoms with van der Waals surface area (Å²) in [5.74, 6) is 0.347. The molecule has 4 N–H and O–H groups in total. The molecule has 2 saturated carbocycles. The lowest BCUT2D eigenvalue weighted by atomic mass is 9.85. The number of nitrogens with zero attached hydrogens (tertiary/aromatic N) is 5. The van der Waals surface area contributed by atoms with Crippen LogP contribution in [0.5, 0.6) is 0 Å². The molecule has 1 aromatic carbocycles. The number of hydrogen-bond donors (Lipinski definition) is 3. The van der Waals surface area contributed by atoms with Gasteiger partial charge in [-0.1, -0.05) is 36.8 Å². The van der Waals surface area contributed by atoms with Gasteiger partial charge in [0.1, 0.15) is 0 Å². The van der Waals surface area contributed by atoms with E-state index in [1.807, 2.05) is 56.3 Å². The van der Waals surface area contributed by atoms with Crippen molar-refractivity contribution in [1.82, 2.24) is 34.8 Å². The molecular formula is C30H36N8O2. The number of carbonyl (C=O) groups is 1. The van der Waals surface area contributed by atoms with Crippen molar-refractivity contribution in [3.63, 3.8) is 0 Å². The van der Waals surface area contributed by atoms with E-state index in [4.69, 9.17) is 15.8 Å². The SMILES string of the molecule is Cc1cc(-c2c(-c3ccccc3)nc(N)n3c(=O)n(CCNC4CCCC(C(=O)NC5CC5)C4)nc23)cc(C)n1. The number of pyridine rings is 1. The van der Waals surface area contributed by atoms with E-state index in [1.165, 1.54) is 9.08 Å². The number of anilines is 1. The summed E-state index contributed by atoms with van der Waals surface area (Å²) in [6, 6.07) is 14.4. The number of aryl methyl sites for hydroxylation is 2. The number of nitrogens with one attached hydrogen (secondary N) is 2. The molecule has 2 atom stereocenters. The van der Waals surface area contributed by atoms with E-state index >= 15 is 0 Å². The van der Waals surface area contributed by atoms with E-state index in [9.17, 15) is 9.59 Å². The highest BCUT2D eigenvalue weighted by molar-refractivity contribution is 5.90. The van der Waals surface area contributed by atoms with Gasteiger partial charge in [0.15, 0.2) is 5.65 Å². The fraction of sp³-hybridized carbons (Fsp3) is 0.433. The van der Waals surface area contributed by atoms with Crippen molar-refractivity contribution in [3.8, 4) is 22.4 Å². The van der Waals surface area contributed by atoms with Gasteiger partial charge in [0.05, 0.1) is 17.8 Å². The maximum Gasteiger partial charge on any atom is 0.353 e. The number of fused-ring (bicyclic) bond motifs is 1. The first-order chi connectivity index (χ1) is 19.4. The van der Waals surface area contributed by atoms with Gasteiger partial charge in [-0.2, -0.15) is 0 Å². The molecule has 10 heteroatoms. The van der Waals surface area contributed by atoms with Crippen molar-refractivity contribution in [2.75, 3.05) is 12.3 Å². The summed E-state index contributed by atoms with van der Waals surface area (Å²) in [7, 11) is 0. The number of amides is 1. The Labute approximate surface area is 233 Å². The van der Waals surface area contributed by atoms with Crippen LogP contribution in [0.4, 0.5) is 5.95 Å². The van der Waals surface area contributed by atoms with Crippen LogP contribution in [-0.2, 0) is 11.3 Å². The maximum absolute atomic E-state index is 13.5. The minimum atomic E-state index is -0.324. The van der Waals surface area contributed by atoms with Gasteiger partial charge in [-0.15, -0.1) is 5.10 Å². The Morgan fingerprint density at radius 1 is 1.00 bits per heavy atom. The zero-order valence-corrected chi connectivity index (χ0v) is 23.1. The molecule has 3 heterocycles. The van der Waals surface area contributed by atoms with Gasteiger partial charge < -0.3 is 16.4 Å². The number of hydrogen-bond acceptors (Lipinski definition) is 7. The van der Waals surface area contributed by atoms with Crippen LogP contribution in [0.1, 0.15) is 49.9 Å². The van der Waals surface area contributed by atoms with Crippen molar-refractivity contribution in [2.24, 2.45) is 5.92 Å². The summed E-state index contributed by atoms with van der Waals surface area (Å²) in [5.41, 5.74) is 11.4. The van der Waals surface area contributed by atoms with Gasteiger partial charge >= 0.3 is 5.69 Å². The summed E-state index contributed by atoms with van der Waals surface area (Å²) >= 11 is 0. The van der Waals surface area contributed by atoms with Crippen LogP contribution in [0, 0.1) is 19.8 Å². The monoisotopic (exact) mass is 540 g/mol. The van der Waals surface area contributed by atoms with E-state index in [-0.39, 0.29) is 29.5 Å². The van der Waals surface area contributed by atoms with E-state index in [0.717, 1.165) is 66.6 Å². The average Bonchev–Trinajstić information content (AvgIpc) is 3.69. The minimum Gasteiger partial charge on any atom is -0.369 e. The quantitative estimate of drug-likeness (QED) is 0.313. The Kier molecular flexibility index (Phi) is 7.10. The highest BCUT2D eigenvalue weighted by atomic mass is 16.2. The Morgan fingerprint density at radius 2 is 1.75 bits per heavy atom. The first kappa shape index (κ1) is 26.2. The van der Waals surface area contributed by atoms with Gasteiger partial charge in [-0.05, 0) is 63.6 Å². The van der Waals surface area contributed by atoms with Gasteiger partial charge in [0.25, 0.3) is 0 Å². The maximum atomic E-state index is 13.5. The van der Waals surface area contributed by atoms with Crippen LogP contribution in [-0.4, -0.2) is 48.7 Å². The molecule has 4 aromatic rings. The largest absolute Gasteiger partial charge is 0.369 e. The third-order valence-electron chi connectivity index (χ3n) is 7.90. The van der Waals surface area contributed by atoms with E-state index in [1.54, 1.807) is 0 Å². The standard InChI is InChI=1S/C30H36N8O2/c1-18-15-22(16-19(2)33-18)25-26(20-7-4-3-5-8-20)35-29(31)38-27(25)36-37(30(38)40)14-13-32-24-10-6-9-21(17-24)28(39)34-23-11-12-23/h3-5,7-8,15-16,21,23-24,32H,6,9-14,17H2,1-2H3,(H2,31,35)(H,34,39). The molecule has 0 aliphatic heterocycles. The number of rotatable bonds is 8. The molecule has 0 saturated heterocycles. The van der Waals surface area contributed by atoms with Crippen LogP contribution in [0.25, 0.3) is 28.0 Å². The number of nitrogens with two attached hydrogens (primary N) is 1. The van der Waals surface area contributed by atoms with Crippen LogP contribution in [0.3, 0.4) is 0 Å². The topological polar surface area (TPSA) is 132 Å². The molecule has 1 amide bonds. The summed E-state index contributed by atoms with van der Waals surface area (Å²) < 4.78 is 2.85. The van der Waals surface area contributed by atoms with Crippen LogP contribution >= 0.6 is 0 Å². The second-order valence-electron chi connectivity index (χ2n) is 11.2. The lowest BCUT2D eigenvalue weighted by Gasteiger charge is -2.29. The first-order valence-electron chi connectivity index (χ1n) is 14.2. The molecule has 40 heavy (non-hydrogen) atoms. The summed E-state index contributed by atoms with van der Waals surface area (Å²) in [6.45, 7) is 4.84. The number of carbonyl (C=O) groups excluding carboxylic acids is 1. The molecule has 10 nitrogen and oxygen atoms in total. The molecule has 0 spiro atoms. The third-order valence-corrected chi connectivity index (χ3v) is 7.90. The third kappa shape index (κ3) is 5.36. The molecule has 2 unspecified atom stereocenters. The van der Waals surface area contributed by atoms with Crippen molar-refractivity contribution >= 4 is 17.5 Å². The lowest BCUT2D eigenvalue weighted by molar-refractivity contribution is -0.126. The predicted molar refractivity (Wildman–Crippen MR) is 155 cm³/mol. The normalized spacial score (nSPS) is 19.1. The predicted octanol–water partition coefficient (Wildman–Crippen LogP) is 3.25. The second-order valence-corrected chi connectivity index (χ2v) is 11.2. The molecule has 2 aliphatic carbocycles. The Balaban J connectivity index is 1.29. The number of nitrogen functional groups attached to an aromatic ring is 1. The smallest absolute Gasteiger partial charge is 0.353 e. The zero-order chi connectivity index (χ0) is 27.8. The summed E-state index contributed by atoms with van der Waals surface area (Å²) in [5, 5.41) is 11.5. The van der Waals surface area contributed by atoms with Crippen molar-refractivity contribution < 1.29 is 4.79 Å². The highest BCUT2D eigenvalue weighted by Gasteiger charge is 2.31. The number of aromatic nitrogens is 5. The minimum absolute atomic E-state index is 0.0573. The molecule has 2 fully saturated rings. The van der Waals surface area contributed by atoms with Crippen LogP contribution in [0.2, 0.25) is 0 Å². The molecule has 6 rings (SSSR count). The summed E-state index contributed by atoms with van der Waals surface area (Å²) in [4.78, 5) is 35.3. The van der Waals surface area contributed by atoms with Gasteiger partial charge in [0.2, 0.25) is 11.9 Å². The fourth-order valence-corrected chi connectivity index (χ4v) is 5.83. The Hall–Kier alpha value is -4.05. The van der Waals surface area contributed by atoms with Gasteiger partial charge in [-0.25, -0.2) is 18.9 Å². The first-order valence-corrected chi connectivity index (χ1v) is 14.2. The van der Waals surface area contributed by atoms with Gasteiger partial charge in [0, 0.05) is 41.5 Å². The van der Waals surface area contributed by atoms with E-state index < -0.39 is 0 Å². The van der Waals surface area contributed by atoms with Crippen LogP contribution in [0.15, 0.2) is 47.3 Å². The molecule has 208 valence electrons. The van der Waals surface area contributed by atoms with Gasteiger partial charge in [-0.3, -0.25) is 9.78 Å². The Bertz CT molecular complexity index is 1590. The summed E-state index contributed by atoms with van der Waals surface area (Å²) in [6.07, 6.45) is 6.00. The fourth-order valence-electron chi connectivity index (χ4n) is 5.83. The highest BCUT2D eigenvalue weighted by Crippen LogP contribution is 2.35. The molecule has 0 radical (unpaired) electrons. The van der Waals surface area contributed by atoms with Crippen molar-refractivity contribution in [3.05, 3.63) is 64.3 Å². The van der Waals surface area contributed by atoms with Crippen molar-refractivity contribution in [1.29, 1.82) is 0 Å². The number of benzene rings is 1. The average molecular weight is 541 g/mol. The second kappa shape index (κ2) is 10.8. The molecule has 0 bridgehead atoms. The zero-order valence-electron chi connectivity index (χ0n) is 23.1. The lowest BCUT2D eigenvalue weighted by Crippen LogP contribution is -2.42. The molecular weight excluding hydrogens is 504 g/mol. The molecule has 2 aliphatic rings. The van der Waals surface area contributed by atoms with E-state index in [0.29, 0.717) is 30.5 Å². The van der Waals surface area contributed by atoms with Crippen LogP contribution < -0.4 is 22.1 Å². The Morgan fingerprint density at radius 3 is 2.48 bits per heavy atom. The van der Waals surface area contributed by atoms with E-state index in [2.05, 4.69) is 15.6 Å². The van der Waals surface area contributed by atoms with Crippen molar-refractivity contribution in [2.45, 2.75) is 71.0 Å². The molecule has 3 aromatic heterocycles.